The lowest BCUT2D eigenvalue weighted by Crippen LogP contribution is -2.27. The molecule has 7 heteroatoms. The molecule has 1 saturated heterocycles. The number of fused-ring (bicyclic) bond motifs is 1. The summed E-state index contributed by atoms with van der Waals surface area (Å²) in [6.45, 7) is 4.29. The standard InChI is InChI=1S/C25H26FN5O/c26-20-5-3-18(4-6-20)22-8-7-21(27)23(29-22)12-25(32)31-15-19-11-17(13-28-24(19)16-31)14-30-9-1-2-10-30/h3-8,11,13H,1-2,9-10,12,14-16,27H2. The summed E-state index contributed by atoms with van der Waals surface area (Å²) in [7, 11) is 0. The Labute approximate surface area is 186 Å². The molecule has 2 N–H and O–H groups in total. The maximum absolute atomic E-state index is 13.2. The first-order valence-corrected chi connectivity index (χ1v) is 11.0. The van der Waals surface area contributed by atoms with E-state index < -0.39 is 0 Å². The molecule has 5 rings (SSSR count). The quantitative estimate of drug-likeness (QED) is 0.669. The van der Waals surface area contributed by atoms with E-state index in [1.165, 1.54) is 30.5 Å². The van der Waals surface area contributed by atoms with E-state index >= 15 is 0 Å². The van der Waals surface area contributed by atoms with Crippen molar-refractivity contribution in [1.29, 1.82) is 0 Å². The van der Waals surface area contributed by atoms with Crippen molar-refractivity contribution in [2.45, 2.75) is 38.9 Å². The number of nitrogen functional groups attached to an aromatic ring is 1. The van der Waals surface area contributed by atoms with Crippen LogP contribution in [0.25, 0.3) is 11.3 Å². The van der Waals surface area contributed by atoms with Crippen LogP contribution in [0.5, 0.6) is 0 Å². The summed E-state index contributed by atoms with van der Waals surface area (Å²) in [6.07, 6.45) is 4.59. The number of hydrogen-bond acceptors (Lipinski definition) is 5. The number of pyridine rings is 2. The smallest absolute Gasteiger partial charge is 0.229 e. The van der Waals surface area contributed by atoms with E-state index in [1.54, 1.807) is 24.3 Å². The van der Waals surface area contributed by atoms with Gasteiger partial charge in [0.25, 0.3) is 0 Å². The monoisotopic (exact) mass is 431 g/mol. The number of rotatable bonds is 5. The number of benzene rings is 1. The largest absolute Gasteiger partial charge is 0.397 e. The minimum atomic E-state index is -0.301. The molecule has 0 radical (unpaired) electrons. The molecule has 0 unspecified atom stereocenters. The Bertz CT molecular complexity index is 1140. The van der Waals surface area contributed by atoms with Gasteiger partial charge in [-0.25, -0.2) is 4.39 Å². The second-order valence-corrected chi connectivity index (χ2v) is 8.60. The Morgan fingerprint density at radius 3 is 2.62 bits per heavy atom. The van der Waals surface area contributed by atoms with Crippen LogP contribution in [0.2, 0.25) is 0 Å². The highest BCUT2D eigenvalue weighted by atomic mass is 19.1. The molecule has 164 valence electrons. The SMILES string of the molecule is Nc1ccc(-c2ccc(F)cc2)nc1CC(=O)N1Cc2cc(CN3CCCC3)cnc2C1. The highest BCUT2D eigenvalue weighted by Gasteiger charge is 2.26. The van der Waals surface area contributed by atoms with Gasteiger partial charge in [-0.1, -0.05) is 0 Å². The highest BCUT2D eigenvalue weighted by Crippen LogP contribution is 2.25. The average Bonchev–Trinajstić information content (AvgIpc) is 3.45. The van der Waals surface area contributed by atoms with Gasteiger partial charge in [0, 0.05) is 24.8 Å². The van der Waals surface area contributed by atoms with Crippen molar-refractivity contribution in [3.05, 3.63) is 77.0 Å². The summed E-state index contributed by atoms with van der Waals surface area (Å²) in [5, 5.41) is 0. The zero-order valence-corrected chi connectivity index (χ0v) is 17.9. The van der Waals surface area contributed by atoms with Crippen molar-refractivity contribution >= 4 is 11.6 Å². The van der Waals surface area contributed by atoms with Crippen LogP contribution in [-0.4, -0.2) is 38.8 Å². The number of aromatic nitrogens is 2. The van der Waals surface area contributed by atoms with Crippen LogP contribution in [0.1, 0.15) is 35.4 Å². The minimum absolute atomic E-state index is 0.0282. The number of carbonyl (C=O) groups excluding carboxylic acids is 1. The molecule has 2 aromatic heterocycles. The lowest BCUT2D eigenvalue weighted by atomic mass is 10.1. The Kier molecular flexibility index (Phi) is 5.57. The number of hydrogen-bond donors (Lipinski definition) is 1. The molecule has 0 saturated carbocycles. The van der Waals surface area contributed by atoms with Gasteiger partial charge in [0.15, 0.2) is 0 Å². The Morgan fingerprint density at radius 1 is 1.06 bits per heavy atom. The fraction of sp³-hybridized carbons (Fsp3) is 0.320. The molecule has 32 heavy (non-hydrogen) atoms. The lowest BCUT2D eigenvalue weighted by molar-refractivity contribution is -0.131. The van der Waals surface area contributed by atoms with Gasteiger partial charge in [0.2, 0.25) is 5.91 Å². The molecule has 1 amide bonds. The summed E-state index contributed by atoms with van der Waals surface area (Å²) in [5.41, 5.74) is 11.9. The van der Waals surface area contributed by atoms with Crippen molar-refractivity contribution in [3.63, 3.8) is 0 Å². The molecule has 0 aliphatic carbocycles. The number of anilines is 1. The van der Waals surface area contributed by atoms with E-state index in [9.17, 15) is 9.18 Å². The Morgan fingerprint density at radius 2 is 1.84 bits per heavy atom. The van der Waals surface area contributed by atoms with Gasteiger partial charge < -0.3 is 10.6 Å². The van der Waals surface area contributed by atoms with Crippen molar-refractivity contribution in [1.82, 2.24) is 19.8 Å². The predicted octanol–water partition coefficient (Wildman–Crippen LogP) is 3.55. The summed E-state index contributed by atoms with van der Waals surface area (Å²) >= 11 is 0. The number of nitrogens with two attached hydrogens (primary N) is 1. The normalized spacial score (nSPS) is 15.8. The van der Waals surface area contributed by atoms with Gasteiger partial charge in [-0.05, 0) is 79.5 Å². The Hall–Kier alpha value is -3.32. The maximum atomic E-state index is 13.2. The van der Waals surface area contributed by atoms with Gasteiger partial charge in [-0.3, -0.25) is 19.7 Å². The average molecular weight is 432 g/mol. The van der Waals surface area contributed by atoms with E-state index in [2.05, 4.69) is 20.9 Å². The van der Waals surface area contributed by atoms with Crippen LogP contribution < -0.4 is 5.73 Å². The molecule has 0 bridgehead atoms. The molecule has 6 nitrogen and oxygen atoms in total. The molecule has 3 aromatic rings. The first-order valence-electron chi connectivity index (χ1n) is 11.0. The van der Waals surface area contributed by atoms with Crippen LogP contribution in [0.15, 0.2) is 48.7 Å². The third kappa shape index (κ3) is 4.34. The first kappa shape index (κ1) is 20.6. The molecule has 4 heterocycles. The van der Waals surface area contributed by atoms with E-state index in [-0.39, 0.29) is 18.1 Å². The maximum Gasteiger partial charge on any atom is 0.229 e. The molecular weight excluding hydrogens is 405 g/mol. The van der Waals surface area contributed by atoms with Crippen LogP contribution in [0, 0.1) is 5.82 Å². The van der Waals surface area contributed by atoms with Crippen molar-refractivity contribution < 1.29 is 9.18 Å². The summed E-state index contributed by atoms with van der Waals surface area (Å²) in [6, 6.07) is 11.8. The van der Waals surface area contributed by atoms with Crippen molar-refractivity contribution in [3.8, 4) is 11.3 Å². The number of carbonyl (C=O) groups is 1. The molecule has 2 aliphatic heterocycles. The van der Waals surface area contributed by atoms with E-state index in [0.29, 0.717) is 30.2 Å². The minimum Gasteiger partial charge on any atom is -0.397 e. The third-order valence-electron chi connectivity index (χ3n) is 6.24. The van der Waals surface area contributed by atoms with Gasteiger partial charge in [-0.2, -0.15) is 0 Å². The fourth-order valence-electron chi connectivity index (χ4n) is 4.46. The van der Waals surface area contributed by atoms with E-state index in [0.717, 1.165) is 36.5 Å². The predicted molar refractivity (Wildman–Crippen MR) is 121 cm³/mol. The number of amides is 1. The summed E-state index contributed by atoms with van der Waals surface area (Å²) < 4.78 is 13.2. The Balaban J connectivity index is 1.27. The van der Waals surface area contributed by atoms with Crippen LogP contribution in [0.4, 0.5) is 10.1 Å². The second kappa shape index (κ2) is 8.67. The second-order valence-electron chi connectivity index (χ2n) is 8.60. The van der Waals surface area contributed by atoms with Gasteiger partial charge in [0.05, 0.1) is 35.7 Å². The first-order chi connectivity index (χ1) is 15.5. The number of halogens is 1. The lowest BCUT2D eigenvalue weighted by Gasteiger charge is -2.16. The number of nitrogens with zero attached hydrogens (tertiary/aromatic N) is 4. The summed E-state index contributed by atoms with van der Waals surface area (Å²) in [4.78, 5) is 26.5. The van der Waals surface area contributed by atoms with Gasteiger partial charge in [0.1, 0.15) is 5.82 Å². The number of likely N-dealkylation sites (tertiary alicyclic amines) is 1. The molecule has 1 aromatic carbocycles. The molecule has 2 aliphatic rings. The van der Waals surface area contributed by atoms with Gasteiger partial charge >= 0.3 is 0 Å². The van der Waals surface area contributed by atoms with Crippen LogP contribution >= 0.6 is 0 Å². The third-order valence-corrected chi connectivity index (χ3v) is 6.24. The molecule has 1 fully saturated rings. The van der Waals surface area contributed by atoms with E-state index in [4.69, 9.17) is 5.73 Å². The zero-order valence-electron chi connectivity index (χ0n) is 17.9. The molecule has 0 atom stereocenters. The summed E-state index contributed by atoms with van der Waals surface area (Å²) in [5.74, 6) is -0.329. The zero-order chi connectivity index (χ0) is 22.1. The highest BCUT2D eigenvalue weighted by molar-refractivity contribution is 5.80. The molecular formula is C25H26FN5O. The van der Waals surface area contributed by atoms with Gasteiger partial charge in [-0.15, -0.1) is 0 Å². The van der Waals surface area contributed by atoms with Crippen molar-refractivity contribution in [2.24, 2.45) is 0 Å². The fourth-order valence-corrected chi connectivity index (χ4v) is 4.46. The van der Waals surface area contributed by atoms with Crippen molar-refractivity contribution in [2.75, 3.05) is 18.8 Å². The van der Waals surface area contributed by atoms with E-state index in [1.807, 2.05) is 11.1 Å². The van der Waals surface area contributed by atoms with Crippen LogP contribution in [-0.2, 0) is 30.8 Å². The topological polar surface area (TPSA) is 75.3 Å². The van der Waals surface area contributed by atoms with Crippen LogP contribution in [0.3, 0.4) is 0 Å². The molecule has 0 spiro atoms.